The molecule has 0 atom stereocenters. The molecule has 0 bridgehead atoms. The molecule has 31 heavy (non-hydrogen) atoms. The van der Waals surface area contributed by atoms with Gasteiger partial charge in [-0.1, -0.05) is 29.8 Å². The molecule has 1 saturated heterocycles. The van der Waals surface area contributed by atoms with E-state index >= 15 is 0 Å². The molecular weight excluding hydrogens is 398 g/mol. The lowest BCUT2D eigenvalue weighted by Gasteiger charge is -2.30. The minimum Gasteiger partial charge on any atom is -0.462 e. The first-order valence-electron chi connectivity index (χ1n) is 10.3. The zero-order valence-electron chi connectivity index (χ0n) is 18.0. The van der Waals surface area contributed by atoms with Crippen LogP contribution in [0, 0.1) is 19.8 Å². The highest BCUT2D eigenvalue weighted by Gasteiger charge is 2.34. The number of primary amides is 1. The second-order valence-electron chi connectivity index (χ2n) is 7.76. The number of aromatic nitrogens is 1. The number of nitrogens with one attached hydrogen (secondary N) is 1. The van der Waals surface area contributed by atoms with E-state index in [1.807, 2.05) is 19.1 Å². The van der Waals surface area contributed by atoms with E-state index in [2.05, 4.69) is 4.98 Å². The Kier molecular flexibility index (Phi) is 6.58. The van der Waals surface area contributed by atoms with Crippen molar-refractivity contribution in [3.05, 3.63) is 46.8 Å². The van der Waals surface area contributed by atoms with E-state index < -0.39 is 17.7 Å². The number of carbonyl (C=O) groups excluding carboxylic acids is 4. The Morgan fingerprint density at radius 2 is 1.71 bits per heavy atom. The van der Waals surface area contributed by atoms with E-state index in [0.29, 0.717) is 29.7 Å². The lowest BCUT2D eigenvalue weighted by Crippen LogP contribution is -2.44. The topological polar surface area (TPSA) is 123 Å². The number of carbonyl (C=O) groups is 4. The van der Waals surface area contributed by atoms with Gasteiger partial charge in [-0.05, 0) is 39.2 Å². The van der Waals surface area contributed by atoms with Gasteiger partial charge in [0.1, 0.15) is 5.69 Å². The van der Waals surface area contributed by atoms with Gasteiger partial charge in [0.2, 0.25) is 5.91 Å². The highest BCUT2D eigenvalue weighted by atomic mass is 16.5. The fourth-order valence-corrected chi connectivity index (χ4v) is 3.88. The summed E-state index contributed by atoms with van der Waals surface area (Å²) in [5, 5.41) is 0. The Hall–Kier alpha value is -3.42. The van der Waals surface area contributed by atoms with Crippen molar-refractivity contribution < 1.29 is 23.9 Å². The summed E-state index contributed by atoms with van der Waals surface area (Å²) < 4.78 is 5.19. The number of nitrogens with two attached hydrogens (primary N) is 1. The number of rotatable bonds is 6. The van der Waals surface area contributed by atoms with Crippen LogP contribution in [0.3, 0.4) is 0 Å². The second kappa shape index (κ2) is 9.16. The molecule has 1 aromatic heterocycles. The Bertz CT molecular complexity index is 1010. The smallest absolute Gasteiger partial charge is 0.340 e. The predicted octanol–water partition coefficient (Wildman–Crippen LogP) is 2.38. The zero-order chi connectivity index (χ0) is 22.7. The van der Waals surface area contributed by atoms with Gasteiger partial charge >= 0.3 is 5.97 Å². The number of benzene rings is 1. The minimum absolute atomic E-state index is 0.0615. The van der Waals surface area contributed by atoms with Gasteiger partial charge < -0.3 is 20.4 Å². The number of esters is 1. The Labute approximate surface area is 180 Å². The number of aromatic amines is 1. The molecule has 0 aliphatic carbocycles. The highest BCUT2D eigenvalue weighted by molar-refractivity contribution is 6.43. The maximum absolute atomic E-state index is 13.2. The van der Waals surface area contributed by atoms with Gasteiger partial charge in [0.25, 0.3) is 11.7 Å². The molecule has 8 nitrogen and oxygen atoms in total. The van der Waals surface area contributed by atoms with E-state index in [4.69, 9.17) is 10.5 Å². The van der Waals surface area contributed by atoms with Gasteiger partial charge in [-0.15, -0.1) is 0 Å². The monoisotopic (exact) mass is 425 g/mol. The average molecular weight is 425 g/mol. The number of ether oxygens (including phenoxy) is 1. The first-order valence-corrected chi connectivity index (χ1v) is 10.3. The average Bonchev–Trinajstić information content (AvgIpc) is 3.10. The van der Waals surface area contributed by atoms with Gasteiger partial charge in [0, 0.05) is 30.3 Å². The summed E-state index contributed by atoms with van der Waals surface area (Å²) in [6, 6.07) is 7.36. The number of amides is 2. The second-order valence-corrected chi connectivity index (χ2v) is 7.76. The fourth-order valence-electron chi connectivity index (χ4n) is 3.88. The van der Waals surface area contributed by atoms with Crippen LogP contribution >= 0.6 is 0 Å². The molecule has 0 spiro atoms. The maximum atomic E-state index is 13.2. The molecule has 2 aromatic rings. The Balaban J connectivity index is 1.98. The molecule has 1 aliphatic heterocycles. The lowest BCUT2D eigenvalue weighted by molar-refractivity contribution is -0.131. The number of hydrogen-bond donors (Lipinski definition) is 2. The number of aryl methyl sites for hydroxylation is 2. The molecule has 1 aromatic carbocycles. The number of likely N-dealkylation sites (tertiary alicyclic amines) is 1. The molecule has 0 radical (unpaired) electrons. The summed E-state index contributed by atoms with van der Waals surface area (Å²) in [5.74, 6) is -2.63. The van der Waals surface area contributed by atoms with Crippen LogP contribution in [0.5, 0.6) is 0 Å². The normalized spacial score (nSPS) is 14.4. The third kappa shape index (κ3) is 4.52. The standard InChI is InChI=1S/C23H27N3O5/c1-4-31-23(30)17-14(3)25-19(18(17)15-7-5-13(2)6-8-15)20(27)22(29)26-11-9-16(10-12-26)21(24)28/h5-8,16,25H,4,9-12H2,1-3H3,(H2,24,28). The summed E-state index contributed by atoms with van der Waals surface area (Å²) in [4.78, 5) is 54.5. The van der Waals surface area contributed by atoms with Gasteiger partial charge in [-0.2, -0.15) is 0 Å². The van der Waals surface area contributed by atoms with Crippen LogP contribution in [0.4, 0.5) is 0 Å². The molecule has 3 rings (SSSR count). The first kappa shape index (κ1) is 22.3. The van der Waals surface area contributed by atoms with E-state index in [9.17, 15) is 19.2 Å². The molecule has 8 heteroatoms. The van der Waals surface area contributed by atoms with Crippen LogP contribution in [-0.4, -0.2) is 53.1 Å². The van der Waals surface area contributed by atoms with Crippen molar-refractivity contribution in [2.24, 2.45) is 11.7 Å². The van der Waals surface area contributed by atoms with Crippen LogP contribution < -0.4 is 5.73 Å². The van der Waals surface area contributed by atoms with Crippen molar-refractivity contribution in [1.29, 1.82) is 0 Å². The summed E-state index contributed by atoms with van der Waals surface area (Å²) >= 11 is 0. The minimum atomic E-state index is -0.730. The molecular formula is C23H27N3O5. The Morgan fingerprint density at radius 3 is 2.26 bits per heavy atom. The number of nitrogens with zero attached hydrogens (tertiary/aromatic N) is 1. The van der Waals surface area contributed by atoms with Crippen molar-refractivity contribution in [3.8, 4) is 11.1 Å². The number of piperidine rings is 1. The van der Waals surface area contributed by atoms with Crippen molar-refractivity contribution in [3.63, 3.8) is 0 Å². The van der Waals surface area contributed by atoms with Gasteiger partial charge in [0.15, 0.2) is 0 Å². The quantitative estimate of drug-likeness (QED) is 0.418. The molecule has 2 amide bonds. The fraction of sp³-hybridized carbons (Fsp3) is 0.391. The molecule has 2 heterocycles. The van der Waals surface area contributed by atoms with Crippen molar-refractivity contribution in [1.82, 2.24) is 9.88 Å². The number of ketones is 1. The van der Waals surface area contributed by atoms with Crippen LogP contribution in [0.2, 0.25) is 0 Å². The predicted molar refractivity (Wildman–Crippen MR) is 114 cm³/mol. The van der Waals surface area contributed by atoms with E-state index in [0.717, 1.165) is 5.56 Å². The third-order valence-electron chi connectivity index (χ3n) is 5.61. The summed E-state index contributed by atoms with van der Waals surface area (Å²) in [5.41, 5.74) is 8.14. The van der Waals surface area contributed by atoms with E-state index in [-0.39, 0.29) is 42.8 Å². The SMILES string of the molecule is CCOC(=O)c1c(C)[nH]c(C(=O)C(=O)N2CCC(C(N)=O)CC2)c1-c1ccc(C)cc1. The molecule has 1 fully saturated rings. The van der Waals surface area contributed by atoms with Crippen molar-refractivity contribution in [2.75, 3.05) is 19.7 Å². The summed E-state index contributed by atoms with van der Waals surface area (Å²) in [6.07, 6.45) is 0.855. The number of Topliss-reactive ketones (excluding diaryl/α,β-unsaturated/α-hetero) is 1. The number of H-pyrrole nitrogens is 1. The summed E-state index contributed by atoms with van der Waals surface area (Å²) in [6.45, 7) is 6.06. The van der Waals surface area contributed by atoms with Crippen LogP contribution in [0.15, 0.2) is 24.3 Å². The third-order valence-corrected chi connectivity index (χ3v) is 5.61. The first-order chi connectivity index (χ1) is 14.7. The van der Waals surface area contributed by atoms with Gasteiger partial charge in [-0.3, -0.25) is 14.4 Å². The maximum Gasteiger partial charge on any atom is 0.340 e. The molecule has 1 aliphatic rings. The van der Waals surface area contributed by atoms with Crippen LogP contribution in [0.1, 0.15) is 51.9 Å². The van der Waals surface area contributed by atoms with E-state index in [1.165, 1.54) is 4.90 Å². The highest BCUT2D eigenvalue weighted by Crippen LogP contribution is 2.32. The van der Waals surface area contributed by atoms with Crippen LogP contribution in [0.25, 0.3) is 11.1 Å². The molecule has 0 unspecified atom stereocenters. The molecule has 164 valence electrons. The van der Waals surface area contributed by atoms with Gasteiger partial charge in [0.05, 0.1) is 12.2 Å². The van der Waals surface area contributed by atoms with Crippen LogP contribution in [-0.2, 0) is 14.3 Å². The van der Waals surface area contributed by atoms with Gasteiger partial charge in [-0.25, -0.2) is 4.79 Å². The lowest BCUT2D eigenvalue weighted by atomic mass is 9.95. The van der Waals surface area contributed by atoms with Crippen molar-refractivity contribution in [2.45, 2.75) is 33.6 Å². The van der Waals surface area contributed by atoms with Crippen molar-refractivity contribution >= 4 is 23.6 Å². The van der Waals surface area contributed by atoms with E-state index in [1.54, 1.807) is 26.0 Å². The zero-order valence-corrected chi connectivity index (χ0v) is 18.0. The number of hydrogen-bond acceptors (Lipinski definition) is 5. The summed E-state index contributed by atoms with van der Waals surface area (Å²) in [7, 11) is 0. The Morgan fingerprint density at radius 1 is 1.10 bits per heavy atom. The molecule has 3 N–H and O–H groups in total. The molecule has 0 saturated carbocycles. The largest absolute Gasteiger partial charge is 0.462 e.